The molecule has 0 aromatic carbocycles. The van der Waals surface area contributed by atoms with Crippen LogP contribution in [0.2, 0.25) is 0 Å². The summed E-state index contributed by atoms with van der Waals surface area (Å²) in [7, 11) is 0. The molecule has 6 nitrogen and oxygen atoms in total. The van der Waals surface area contributed by atoms with Crippen LogP contribution < -0.4 is 5.73 Å². The van der Waals surface area contributed by atoms with Crippen LogP contribution in [0.4, 0.5) is 0 Å². The largest absolute Gasteiger partial charge is 0.342 e. The molecule has 3 N–H and O–H groups in total. The predicted octanol–water partition coefficient (Wildman–Crippen LogP) is 1.69. The highest BCUT2D eigenvalue weighted by Crippen LogP contribution is 2.34. The van der Waals surface area contributed by atoms with Gasteiger partial charge in [-0.1, -0.05) is 5.16 Å². The topological polar surface area (TPSA) is 93.6 Å². The van der Waals surface area contributed by atoms with Gasteiger partial charge in [0.1, 0.15) is 0 Å². The van der Waals surface area contributed by atoms with Gasteiger partial charge in [0.2, 0.25) is 11.7 Å². The smallest absolute Gasteiger partial charge is 0.238 e. The molecule has 0 amide bonds. The Morgan fingerprint density at radius 3 is 2.83 bits per heavy atom. The maximum absolute atomic E-state index is 5.69. The number of hydrogen-bond donors (Lipinski definition) is 2. The lowest BCUT2D eigenvalue weighted by Crippen LogP contribution is -2.20. The van der Waals surface area contributed by atoms with Gasteiger partial charge >= 0.3 is 0 Å². The molecule has 3 rings (SSSR count). The van der Waals surface area contributed by atoms with Crippen LogP contribution in [-0.2, 0) is 0 Å². The zero-order chi connectivity index (χ0) is 12.4. The molecule has 2 aromatic rings. The van der Waals surface area contributed by atoms with Crippen molar-refractivity contribution in [1.29, 1.82) is 0 Å². The van der Waals surface area contributed by atoms with Gasteiger partial charge in [-0.2, -0.15) is 4.98 Å². The fourth-order valence-corrected chi connectivity index (χ4v) is 2.53. The van der Waals surface area contributed by atoms with Crippen LogP contribution in [0, 0.1) is 5.92 Å². The van der Waals surface area contributed by atoms with Crippen molar-refractivity contribution in [3.05, 3.63) is 18.3 Å². The third kappa shape index (κ3) is 2.15. The molecule has 6 heteroatoms. The number of imidazole rings is 1. The van der Waals surface area contributed by atoms with E-state index in [4.69, 9.17) is 10.3 Å². The number of rotatable bonds is 3. The second kappa shape index (κ2) is 4.89. The van der Waals surface area contributed by atoms with Crippen molar-refractivity contribution in [3.8, 4) is 11.6 Å². The van der Waals surface area contributed by atoms with Crippen LogP contribution in [0.5, 0.6) is 0 Å². The maximum Gasteiger partial charge on any atom is 0.238 e. The molecule has 18 heavy (non-hydrogen) atoms. The molecule has 0 radical (unpaired) electrons. The Kier molecular flexibility index (Phi) is 3.10. The Hall–Kier alpha value is -1.69. The van der Waals surface area contributed by atoms with Gasteiger partial charge in [0, 0.05) is 18.3 Å². The van der Waals surface area contributed by atoms with Crippen molar-refractivity contribution < 1.29 is 4.52 Å². The van der Waals surface area contributed by atoms with E-state index in [-0.39, 0.29) is 0 Å². The van der Waals surface area contributed by atoms with Gasteiger partial charge in [0.15, 0.2) is 5.82 Å². The number of H-pyrrole nitrogens is 1. The molecule has 2 heterocycles. The maximum atomic E-state index is 5.69. The summed E-state index contributed by atoms with van der Waals surface area (Å²) in [5.41, 5.74) is 5.69. The molecule has 0 aliphatic heterocycles. The molecule has 0 unspecified atom stereocenters. The first-order valence-electron chi connectivity index (χ1n) is 6.40. The average molecular weight is 247 g/mol. The van der Waals surface area contributed by atoms with E-state index in [0.29, 0.717) is 23.5 Å². The van der Waals surface area contributed by atoms with Gasteiger partial charge in [-0.05, 0) is 38.1 Å². The number of nitrogens with one attached hydrogen (secondary N) is 1. The summed E-state index contributed by atoms with van der Waals surface area (Å²) in [5, 5.41) is 3.97. The normalized spacial score (nSPS) is 24.3. The molecule has 0 saturated heterocycles. The van der Waals surface area contributed by atoms with Crippen molar-refractivity contribution >= 4 is 0 Å². The summed E-state index contributed by atoms with van der Waals surface area (Å²) in [5.74, 6) is 2.96. The van der Waals surface area contributed by atoms with Crippen LogP contribution in [0.3, 0.4) is 0 Å². The van der Waals surface area contributed by atoms with Crippen LogP contribution in [0.15, 0.2) is 16.9 Å². The third-order valence-electron chi connectivity index (χ3n) is 3.68. The van der Waals surface area contributed by atoms with Gasteiger partial charge in [-0.3, -0.25) is 0 Å². The predicted molar refractivity (Wildman–Crippen MR) is 65.6 cm³/mol. The quantitative estimate of drug-likeness (QED) is 0.860. The van der Waals surface area contributed by atoms with Gasteiger partial charge in [-0.25, -0.2) is 4.98 Å². The highest BCUT2D eigenvalue weighted by atomic mass is 16.5. The Bertz CT molecular complexity index is 484. The molecule has 0 spiro atoms. The molecule has 2 aromatic heterocycles. The highest BCUT2D eigenvalue weighted by molar-refractivity contribution is 5.40. The van der Waals surface area contributed by atoms with E-state index in [9.17, 15) is 0 Å². The number of aromatic amines is 1. The zero-order valence-corrected chi connectivity index (χ0v) is 10.2. The molecule has 1 aliphatic carbocycles. The summed E-state index contributed by atoms with van der Waals surface area (Å²) < 4.78 is 5.34. The fraction of sp³-hybridized carbons (Fsp3) is 0.583. The molecule has 1 fully saturated rings. The Morgan fingerprint density at radius 1 is 1.33 bits per heavy atom. The van der Waals surface area contributed by atoms with E-state index in [2.05, 4.69) is 20.1 Å². The van der Waals surface area contributed by atoms with Crippen LogP contribution in [0.1, 0.15) is 37.5 Å². The number of hydrogen-bond acceptors (Lipinski definition) is 5. The highest BCUT2D eigenvalue weighted by Gasteiger charge is 2.26. The minimum Gasteiger partial charge on any atom is -0.342 e. The summed E-state index contributed by atoms with van der Waals surface area (Å²) in [6, 6.07) is 0. The van der Waals surface area contributed by atoms with E-state index < -0.39 is 0 Å². The van der Waals surface area contributed by atoms with Crippen LogP contribution in [0.25, 0.3) is 11.6 Å². The molecule has 96 valence electrons. The summed E-state index contributed by atoms with van der Waals surface area (Å²) >= 11 is 0. The lowest BCUT2D eigenvalue weighted by atomic mass is 9.82. The summed E-state index contributed by atoms with van der Waals surface area (Å²) in [4.78, 5) is 11.5. The lowest BCUT2D eigenvalue weighted by molar-refractivity contribution is 0.275. The minimum atomic E-state index is 0.379. The number of nitrogens with zero attached hydrogens (tertiary/aromatic N) is 3. The van der Waals surface area contributed by atoms with Crippen molar-refractivity contribution in [2.24, 2.45) is 11.7 Å². The monoisotopic (exact) mass is 247 g/mol. The third-order valence-corrected chi connectivity index (χ3v) is 3.68. The van der Waals surface area contributed by atoms with Gasteiger partial charge in [0.05, 0.1) is 0 Å². The molecule has 0 atom stereocenters. The van der Waals surface area contributed by atoms with E-state index in [1.54, 1.807) is 12.4 Å². The summed E-state index contributed by atoms with van der Waals surface area (Å²) in [6.07, 6.45) is 7.90. The van der Waals surface area contributed by atoms with Crippen molar-refractivity contribution in [2.45, 2.75) is 31.6 Å². The second-order valence-electron chi connectivity index (χ2n) is 4.85. The van der Waals surface area contributed by atoms with Gasteiger partial charge < -0.3 is 15.2 Å². The first-order chi connectivity index (χ1) is 8.86. The fourth-order valence-electron chi connectivity index (χ4n) is 2.53. The first kappa shape index (κ1) is 11.4. The van der Waals surface area contributed by atoms with E-state index in [1.807, 2.05) is 0 Å². The molecule has 0 bridgehead atoms. The van der Waals surface area contributed by atoms with Crippen molar-refractivity contribution in [3.63, 3.8) is 0 Å². The second-order valence-corrected chi connectivity index (χ2v) is 4.85. The average Bonchev–Trinajstić information content (AvgIpc) is 3.09. The van der Waals surface area contributed by atoms with Gasteiger partial charge in [0.25, 0.3) is 0 Å². The Balaban J connectivity index is 1.71. The molecular weight excluding hydrogens is 230 g/mol. The molecular formula is C12H17N5O. The van der Waals surface area contributed by atoms with Gasteiger partial charge in [-0.15, -0.1) is 0 Å². The van der Waals surface area contributed by atoms with Crippen LogP contribution in [-0.4, -0.2) is 26.7 Å². The molecule has 1 aliphatic rings. The first-order valence-corrected chi connectivity index (χ1v) is 6.40. The SMILES string of the molecule is NCC1CCC(c2nc(-c3ncc[nH]3)no2)CC1. The summed E-state index contributed by atoms with van der Waals surface area (Å²) in [6.45, 7) is 0.786. The van der Waals surface area contributed by atoms with E-state index >= 15 is 0 Å². The van der Waals surface area contributed by atoms with E-state index in [0.717, 1.165) is 38.1 Å². The minimum absolute atomic E-state index is 0.379. The van der Waals surface area contributed by atoms with E-state index in [1.165, 1.54) is 0 Å². The lowest BCUT2D eigenvalue weighted by Gasteiger charge is -2.24. The van der Waals surface area contributed by atoms with Crippen molar-refractivity contribution in [1.82, 2.24) is 20.1 Å². The zero-order valence-electron chi connectivity index (χ0n) is 10.2. The molecule has 1 saturated carbocycles. The number of nitrogens with two attached hydrogens (primary N) is 1. The standard InChI is InChI=1S/C12H17N5O/c13-7-8-1-3-9(4-2-8)12-16-11(17-18-12)10-14-5-6-15-10/h5-6,8-9H,1-4,7,13H2,(H,14,15). The Morgan fingerprint density at radius 2 is 2.17 bits per heavy atom. The van der Waals surface area contributed by atoms with Crippen LogP contribution >= 0.6 is 0 Å². The Labute approximate surface area is 105 Å². The number of aromatic nitrogens is 4. The van der Waals surface area contributed by atoms with Crippen molar-refractivity contribution in [2.75, 3.05) is 6.54 Å².